The van der Waals surface area contributed by atoms with Gasteiger partial charge in [0.25, 0.3) is 5.91 Å². The van der Waals surface area contributed by atoms with Gasteiger partial charge in [-0.05, 0) is 45.1 Å². The van der Waals surface area contributed by atoms with Crippen LogP contribution < -0.4 is 4.74 Å². The monoisotopic (exact) mass is 315 g/mol. The van der Waals surface area contributed by atoms with Crippen molar-refractivity contribution in [2.24, 2.45) is 5.92 Å². The van der Waals surface area contributed by atoms with Gasteiger partial charge in [0.05, 0.1) is 6.61 Å². The number of ether oxygens (including phenoxy) is 1. The molecule has 0 saturated carbocycles. The Labute approximate surface area is 137 Å². The quantitative estimate of drug-likeness (QED) is 0.943. The van der Waals surface area contributed by atoms with Gasteiger partial charge in [-0.25, -0.2) is 0 Å². The van der Waals surface area contributed by atoms with E-state index in [0.29, 0.717) is 24.3 Å². The number of fused-ring (bicyclic) bond motifs is 1. The maximum atomic E-state index is 12.8. The summed E-state index contributed by atoms with van der Waals surface area (Å²) in [5, 5.41) is 1.04. The first-order valence-electron chi connectivity index (χ1n) is 8.21. The lowest BCUT2D eigenvalue weighted by Gasteiger charge is -2.22. The lowest BCUT2D eigenvalue weighted by Crippen LogP contribution is -2.35. The molecule has 0 aliphatic carbocycles. The molecule has 1 amide bonds. The van der Waals surface area contributed by atoms with Crippen LogP contribution >= 0.6 is 0 Å². The van der Waals surface area contributed by atoms with Gasteiger partial charge >= 0.3 is 0 Å². The summed E-state index contributed by atoms with van der Waals surface area (Å²) < 4.78 is 5.52. The van der Waals surface area contributed by atoms with E-state index in [1.807, 2.05) is 36.1 Å². The smallest absolute Gasteiger partial charge is 0.270 e. The second kappa shape index (κ2) is 6.24. The lowest BCUT2D eigenvalue weighted by molar-refractivity contribution is 0.0776. The molecule has 0 bridgehead atoms. The normalized spacial score (nSPS) is 21.3. The van der Waals surface area contributed by atoms with E-state index in [1.165, 1.54) is 0 Å². The molecular weight excluding hydrogens is 290 g/mol. The van der Waals surface area contributed by atoms with Crippen LogP contribution in [0.4, 0.5) is 0 Å². The van der Waals surface area contributed by atoms with Gasteiger partial charge in [0, 0.05) is 36.1 Å². The molecular formula is C18H25N3O2. The minimum absolute atomic E-state index is 0.0790. The summed E-state index contributed by atoms with van der Waals surface area (Å²) in [5.41, 5.74) is 1.59. The number of benzene rings is 1. The maximum absolute atomic E-state index is 12.8. The van der Waals surface area contributed by atoms with Crippen LogP contribution in [0.2, 0.25) is 0 Å². The van der Waals surface area contributed by atoms with Crippen molar-refractivity contribution in [1.29, 1.82) is 0 Å². The van der Waals surface area contributed by atoms with Crippen LogP contribution in [-0.4, -0.2) is 60.5 Å². The van der Waals surface area contributed by atoms with Crippen molar-refractivity contribution in [2.75, 3.05) is 33.8 Å². The molecule has 0 unspecified atom stereocenters. The van der Waals surface area contributed by atoms with Crippen molar-refractivity contribution in [2.45, 2.75) is 19.9 Å². The number of aromatic nitrogens is 1. The third-order valence-electron chi connectivity index (χ3n) is 4.66. The highest BCUT2D eigenvalue weighted by atomic mass is 16.5. The molecule has 1 aromatic heterocycles. The standard InChI is InChI=1S/C18H25N3O2/c1-5-23-14-7-6-13-8-16(19-15(13)9-14)18(22)21-10-12(2)17(11-21)20(3)4/h6-9,12,17,19H,5,10-11H2,1-4H3/t12-,17+/m1/s1. The van der Waals surface area contributed by atoms with E-state index in [2.05, 4.69) is 30.9 Å². The van der Waals surface area contributed by atoms with Gasteiger partial charge in [-0.3, -0.25) is 4.79 Å². The van der Waals surface area contributed by atoms with Crippen molar-refractivity contribution in [3.63, 3.8) is 0 Å². The van der Waals surface area contributed by atoms with Gasteiger partial charge in [-0.2, -0.15) is 0 Å². The number of aromatic amines is 1. The van der Waals surface area contributed by atoms with Crippen LogP contribution in [0.15, 0.2) is 24.3 Å². The fourth-order valence-electron chi connectivity index (χ4n) is 3.44. The molecule has 0 spiro atoms. The summed E-state index contributed by atoms with van der Waals surface area (Å²) in [6.07, 6.45) is 0. The summed E-state index contributed by atoms with van der Waals surface area (Å²) >= 11 is 0. The number of hydrogen-bond acceptors (Lipinski definition) is 3. The average Bonchev–Trinajstić information content (AvgIpc) is 3.10. The molecule has 3 rings (SSSR count). The van der Waals surface area contributed by atoms with Crippen LogP contribution in [0, 0.1) is 5.92 Å². The molecule has 1 saturated heterocycles. The summed E-state index contributed by atoms with van der Waals surface area (Å²) in [6.45, 7) is 6.39. The Morgan fingerprint density at radius 2 is 2.13 bits per heavy atom. The fraction of sp³-hybridized carbons (Fsp3) is 0.500. The Hall–Kier alpha value is -2.01. The van der Waals surface area contributed by atoms with Crippen LogP contribution in [0.25, 0.3) is 10.9 Å². The summed E-state index contributed by atoms with van der Waals surface area (Å²) in [4.78, 5) is 20.2. The van der Waals surface area contributed by atoms with E-state index in [9.17, 15) is 4.79 Å². The van der Waals surface area contributed by atoms with E-state index >= 15 is 0 Å². The number of likely N-dealkylation sites (tertiary alicyclic amines) is 1. The van der Waals surface area contributed by atoms with E-state index in [4.69, 9.17) is 4.74 Å². The number of amides is 1. The van der Waals surface area contributed by atoms with Crippen LogP contribution in [0.1, 0.15) is 24.3 Å². The van der Waals surface area contributed by atoms with Crippen molar-refractivity contribution in [3.05, 3.63) is 30.0 Å². The summed E-state index contributed by atoms with van der Waals surface area (Å²) in [7, 11) is 4.15. The molecule has 1 fully saturated rings. The molecule has 1 aromatic carbocycles. The van der Waals surface area contributed by atoms with Gasteiger partial charge in [0.2, 0.25) is 0 Å². The number of carbonyl (C=O) groups excluding carboxylic acids is 1. The minimum Gasteiger partial charge on any atom is -0.494 e. The first-order chi connectivity index (χ1) is 11.0. The van der Waals surface area contributed by atoms with Crippen molar-refractivity contribution in [1.82, 2.24) is 14.8 Å². The molecule has 2 heterocycles. The Kier molecular flexibility index (Phi) is 4.31. The van der Waals surface area contributed by atoms with E-state index in [0.717, 1.165) is 29.7 Å². The van der Waals surface area contributed by atoms with Crippen LogP contribution in [0.5, 0.6) is 5.75 Å². The molecule has 5 heteroatoms. The predicted molar refractivity (Wildman–Crippen MR) is 92.0 cm³/mol. The predicted octanol–water partition coefficient (Wildman–Crippen LogP) is 2.59. The SMILES string of the molecule is CCOc1ccc2cc(C(=O)N3C[C@@H](C)[C@@H](N(C)C)C3)[nH]c2c1. The van der Waals surface area contributed by atoms with Crippen molar-refractivity contribution < 1.29 is 9.53 Å². The second-order valence-electron chi connectivity index (χ2n) is 6.58. The first kappa shape index (κ1) is 15.9. The first-order valence-corrected chi connectivity index (χ1v) is 8.21. The summed E-state index contributed by atoms with van der Waals surface area (Å²) in [6, 6.07) is 8.23. The molecule has 5 nitrogen and oxygen atoms in total. The van der Waals surface area contributed by atoms with Crippen LogP contribution in [0.3, 0.4) is 0 Å². The zero-order valence-electron chi connectivity index (χ0n) is 14.3. The highest BCUT2D eigenvalue weighted by molar-refractivity contribution is 5.98. The van der Waals surface area contributed by atoms with Gasteiger partial charge in [0.15, 0.2) is 0 Å². The van der Waals surface area contributed by atoms with Gasteiger partial charge in [-0.15, -0.1) is 0 Å². The number of hydrogen-bond donors (Lipinski definition) is 1. The van der Waals surface area contributed by atoms with Gasteiger partial charge in [-0.1, -0.05) is 6.92 Å². The maximum Gasteiger partial charge on any atom is 0.270 e. The number of H-pyrrole nitrogens is 1. The summed E-state index contributed by atoms with van der Waals surface area (Å²) in [5.74, 6) is 1.39. The minimum atomic E-state index is 0.0790. The third-order valence-corrected chi connectivity index (χ3v) is 4.66. The molecule has 1 N–H and O–H groups in total. The van der Waals surface area contributed by atoms with Crippen molar-refractivity contribution >= 4 is 16.8 Å². The molecule has 1 aliphatic heterocycles. The molecule has 0 radical (unpaired) electrons. The van der Waals surface area contributed by atoms with E-state index in [1.54, 1.807) is 0 Å². The zero-order valence-corrected chi connectivity index (χ0v) is 14.3. The molecule has 1 aliphatic rings. The highest BCUT2D eigenvalue weighted by Gasteiger charge is 2.34. The van der Waals surface area contributed by atoms with Gasteiger partial charge in [0.1, 0.15) is 11.4 Å². The lowest BCUT2D eigenvalue weighted by atomic mass is 10.1. The topological polar surface area (TPSA) is 48.6 Å². The molecule has 2 atom stereocenters. The Morgan fingerprint density at radius 3 is 2.78 bits per heavy atom. The Bertz CT molecular complexity index is 707. The number of likely N-dealkylation sites (N-methyl/N-ethyl adjacent to an activating group) is 1. The van der Waals surface area contributed by atoms with Crippen LogP contribution in [-0.2, 0) is 0 Å². The number of rotatable bonds is 4. The van der Waals surface area contributed by atoms with Gasteiger partial charge < -0.3 is 19.5 Å². The molecule has 2 aromatic rings. The number of nitrogens with zero attached hydrogens (tertiary/aromatic N) is 2. The highest BCUT2D eigenvalue weighted by Crippen LogP contribution is 2.25. The molecule has 23 heavy (non-hydrogen) atoms. The second-order valence-corrected chi connectivity index (χ2v) is 6.58. The number of nitrogens with one attached hydrogen (secondary N) is 1. The van der Waals surface area contributed by atoms with Crippen molar-refractivity contribution in [3.8, 4) is 5.75 Å². The third kappa shape index (κ3) is 3.06. The number of carbonyl (C=O) groups is 1. The largest absolute Gasteiger partial charge is 0.494 e. The molecule has 124 valence electrons. The average molecular weight is 315 g/mol. The van der Waals surface area contributed by atoms with E-state index in [-0.39, 0.29) is 5.91 Å². The Morgan fingerprint density at radius 1 is 1.35 bits per heavy atom. The Balaban J connectivity index is 1.81. The zero-order chi connectivity index (χ0) is 16.6. The van der Waals surface area contributed by atoms with E-state index < -0.39 is 0 Å². The fourth-order valence-corrected chi connectivity index (χ4v) is 3.44.